The summed E-state index contributed by atoms with van der Waals surface area (Å²) >= 11 is 0. The number of hydrogen-bond acceptors (Lipinski definition) is 1. The van der Waals surface area contributed by atoms with Crippen molar-refractivity contribution < 1.29 is 4.74 Å². The van der Waals surface area contributed by atoms with Crippen molar-refractivity contribution in [1.29, 1.82) is 0 Å². The molecule has 0 amide bonds. The van der Waals surface area contributed by atoms with E-state index in [2.05, 4.69) is 24.6 Å². The van der Waals surface area contributed by atoms with Gasteiger partial charge in [-0.3, -0.25) is 0 Å². The lowest BCUT2D eigenvalue weighted by atomic mass is 9.84. The lowest BCUT2D eigenvalue weighted by Crippen LogP contribution is -2.23. The van der Waals surface area contributed by atoms with Crippen LogP contribution in [0, 0.1) is 18.3 Å². The Morgan fingerprint density at radius 2 is 2.12 bits per heavy atom. The van der Waals surface area contributed by atoms with Gasteiger partial charge in [-0.05, 0) is 24.8 Å². The second kappa shape index (κ2) is 5.70. The van der Waals surface area contributed by atoms with Crippen LogP contribution in [0.5, 0.6) is 0 Å². The van der Waals surface area contributed by atoms with E-state index in [-0.39, 0.29) is 12.0 Å². The molecule has 1 heteroatoms. The summed E-state index contributed by atoms with van der Waals surface area (Å²) in [5.41, 5.74) is 2.40. The molecule has 1 aromatic rings. The van der Waals surface area contributed by atoms with E-state index >= 15 is 0 Å². The Morgan fingerprint density at radius 3 is 2.82 bits per heavy atom. The van der Waals surface area contributed by atoms with Crippen LogP contribution in [0.15, 0.2) is 42.5 Å². The third-order valence-corrected chi connectivity index (χ3v) is 3.31. The molecular formula is C16H18O. The van der Waals surface area contributed by atoms with E-state index in [1.54, 1.807) is 0 Å². The first-order valence-electron chi connectivity index (χ1n) is 6.09. The van der Waals surface area contributed by atoms with Gasteiger partial charge in [-0.2, -0.15) is 0 Å². The average Bonchev–Trinajstić information content (AvgIpc) is 2.39. The van der Waals surface area contributed by atoms with Crippen molar-refractivity contribution in [3.8, 4) is 12.3 Å². The molecule has 1 aromatic carbocycles. The Morgan fingerprint density at radius 1 is 1.35 bits per heavy atom. The first-order chi connectivity index (χ1) is 8.29. The second-order valence-corrected chi connectivity index (χ2v) is 4.57. The highest BCUT2D eigenvalue weighted by Gasteiger charge is 2.23. The largest absolute Gasteiger partial charge is 0.373 e. The summed E-state index contributed by atoms with van der Waals surface area (Å²) in [6.07, 6.45) is 8.73. The minimum absolute atomic E-state index is 0.199. The van der Waals surface area contributed by atoms with Gasteiger partial charge in [0.25, 0.3) is 0 Å². The molecule has 17 heavy (non-hydrogen) atoms. The highest BCUT2D eigenvalue weighted by molar-refractivity contribution is 5.17. The summed E-state index contributed by atoms with van der Waals surface area (Å²) in [5.74, 6) is 3.00. The molecule has 1 aliphatic carbocycles. The summed E-state index contributed by atoms with van der Waals surface area (Å²) in [6.45, 7) is 4.70. The van der Waals surface area contributed by atoms with Crippen LogP contribution < -0.4 is 0 Å². The zero-order valence-corrected chi connectivity index (χ0v) is 10.1. The molecule has 1 aliphatic rings. The normalized spacial score (nSPS) is 24.3. The number of benzene rings is 1. The summed E-state index contributed by atoms with van der Waals surface area (Å²) in [4.78, 5) is 0. The van der Waals surface area contributed by atoms with Crippen molar-refractivity contribution in [1.82, 2.24) is 0 Å². The molecule has 1 nitrogen and oxygen atoms in total. The Balaban J connectivity index is 1.85. The number of ether oxygens (including phenoxy) is 1. The van der Waals surface area contributed by atoms with Crippen LogP contribution in [-0.4, -0.2) is 6.10 Å². The predicted molar refractivity (Wildman–Crippen MR) is 70.3 cm³/mol. The van der Waals surface area contributed by atoms with Gasteiger partial charge in [0, 0.05) is 5.92 Å². The fourth-order valence-electron chi connectivity index (χ4n) is 2.19. The predicted octanol–water partition coefficient (Wildman–Crippen LogP) is 3.56. The standard InChI is InChI=1S/C16H18O/c1-3-15-11-16(10-9-13(15)2)17-12-14-7-5-4-6-8-14/h1,4-8,15-16H,2,9-12H2/t15-,16+/m1/s1. The topological polar surface area (TPSA) is 9.23 Å². The molecule has 0 saturated heterocycles. The van der Waals surface area contributed by atoms with E-state index in [1.807, 2.05) is 18.2 Å². The third kappa shape index (κ3) is 3.22. The maximum absolute atomic E-state index is 5.91. The number of terminal acetylenes is 1. The molecule has 0 N–H and O–H groups in total. The lowest BCUT2D eigenvalue weighted by Gasteiger charge is -2.28. The van der Waals surface area contributed by atoms with Gasteiger partial charge in [-0.25, -0.2) is 0 Å². The van der Waals surface area contributed by atoms with Crippen LogP contribution >= 0.6 is 0 Å². The van der Waals surface area contributed by atoms with Gasteiger partial charge in [0.1, 0.15) is 0 Å². The Bertz CT molecular complexity index is 413. The number of allylic oxidation sites excluding steroid dienone is 1. The lowest BCUT2D eigenvalue weighted by molar-refractivity contribution is 0.0178. The van der Waals surface area contributed by atoms with Crippen molar-refractivity contribution in [2.75, 3.05) is 0 Å². The van der Waals surface area contributed by atoms with Crippen LogP contribution in [-0.2, 0) is 11.3 Å². The Kier molecular flexibility index (Phi) is 4.01. The first kappa shape index (κ1) is 12.0. The van der Waals surface area contributed by atoms with Gasteiger partial charge in [-0.1, -0.05) is 48.4 Å². The minimum Gasteiger partial charge on any atom is -0.373 e. The Labute approximate surface area is 103 Å². The number of rotatable bonds is 3. The van der Waals surface area contributed by atoms with Crippen molar-refractivity contribution in [3.63, 3.8) is 0 Å². The fourth-order valence-corrected chi connectivity index (χ4v) is 2.19. The minimum atomic E-state index is 0.199. The maximum atomic E-state index is 5.91. The van der Waals surface area contributed by atoms with Crippen LogP contribution in [0.25, 0.3) is 0 Å². The van der Waals surface area contributed by atoms with E-state index in [0.29, 0.717) is 6.61 Å². The smallest absolute Gasteiger partial charge is 0.0720 e. The highest BCUT2D eigenvalue weighted by Crippen LogP contribution is 2.29. The molecule has 0 heterocycles. The van der Waals surface area contributed by atoms with Gasteiger partial charge in [-0.15, -0.1) is 6.42 Å². The first-order valence-corrected chi connectivity index (χ1v) is 6.09. The quantitative estimate of drug-likeness (QED) is 0.565. The van der Waals surface area contributed by atoms with Crippen molar-refractivity contribution in [2.24, 2.45) is 5.92 Å². The monoisotopic (exact) mass is 226 g/mol. The molecule has 2 atom stereocenters. The van der Waals surface area contributed by atoms with Gasteiger partial charge < -0.3 is 4.74 Å². The zero-order valence-electron chi connectivity index (χ0n) is 10.1. The highest BCUT2D eigenvalue weighted by atomic mass is 16.5. The van der Waals surface area contributed by atoms with E-state index in [4.69, 9.17) is 11.2 Å². The van der Waals surface area contributed by atoms with Gasteiger partial charge in [0.15, 0.2) is 0 Å². The van der Waals surface area contributed by atoms with Crippen molar-refractivity contribution in [3.05, 3.63) is 48.0 Å². The van der Waals surface area contributed by atoms with Crippen molar-refractivity contribution >= 4 is 0 Å². The molecule has 0 bridgehead atoms. The summed E-state index contributed by atoms with van der Waals surface area (Å²) in [7, 11) is 0. The van der Waals surface area contributed by atoms with Crippen LogP contribution in [0.3, 0.4) is 0 Å². The molecular weight excluding hydrogens is 208 g/mol. The molecule has 1 saturated carbocycles. The van der Waals surface area contributed by atoms with E-state index < -0.39 is 0 Å². The molecule has 1 fully saturated rings. The van der Waals surface area contributed by atoms with E-state index in [0.717, 1.165) is 19.3 Å². The fraction of sp³-hybridized carbons (Fsp3) is 0.375. The summed E-state index contributed by atoms with van der Waals surface area (Å²) < 4.78 is 5.91. The second-order valence-electron chi connectivity index (χ2n) is 4.57. The zero-order chi connectivity index (χ0) is 12.1. The molecule has 0 radical (unpaired) electrons. The van der Waals surface area contributed by atoms with Crippen LogP contribution in [0.1, 0.15) is 24.8 Å². The molecule has 0 unspecified atom stereocenters. The Hall–Kier alpha value is -1.52. The third-order valence-electron chi connectivity index (χ3n) is 3.31. The van der Waals surface area contributed by atoms with Gasteiger partial charge in [0.05, 0.1) is 12.7 Å². The summed E-state index contributed by atoms with van der Waals surface area (Å²) in [6, 6.07) is 10.3. The average molecular weight is 226 g/mol. The summed E-state index contributed by atoms with van der Waals surface area (Å²) in [5, 5.41) is 0. The van der Waals surface area contributed by atoms with Crippen LogP contribution in [0.2, 0.25) is 0 Å². The molecule has 0 aromatic heterocycles. The molecule has 0 spiro atoms. The van der Waals surface area contributed by atoms with Gasteiger partial charge >= 0.3 is 0 Å². The SMILES string of the molecule is C#C[C@@H]1C[C@@H](OCc2ccccc2)CCC1=C. The van der Waals surface area contributed by atoms with E-state index in [1.165, 1.54) is 11.1 Å². The molecule has 2 rings (SSSR count). The maximum Gasteiger partial charge on any atom is 0.0720 e. The molecule has 0 aliphatic heterocycles. The van der Waals surface area contributed by atoms with Gasteiger partial charge in [0.2, 0.25) is 0 Å². The van der Waals surface area contributed by atoms with Crippen molar-refractivity contribution in [2.45, 2.75) is 32.0 Å². The number of hydrogen-bond donors (Lipinski definition) is 0. The van der Waals surface area contributed by atoms with Crippen LogP contribution in [0.4, 0.5) is 0 Å². The molecule has 88 valence electrons. The van der Waals surface area contributed by atoms with E-state index in [9.17, 15) is 0 Å².